The molecule has 51 heavy (non-hydrogen) atoms. The summed E-state index contributed by atoms with van der Waals surface area (Å²) < 4.78 is 21.1. The second kappa shape index (κ2) is 14.4. The average molecular weight is 688 g/mol. The number of nitrogens with one attached hydrogen (secondary N) is 1. The van der Waals surface area contributed by atoms with Crippen LogP contribution in [0.4, 0.5) is 22.0 Å². The molecule has 0 saturated heterocycles. The van der Waals surface area contributed by atoms with Crippen molar-refractivity contribution in [1.29, 1.82) is 0 Å². The second-order valence-electron chi connectivity index (χ2n) is 11.7. The molecule has 2 amide bonds. The van der Waals surface area contributed by atoms with Crippen LogP contribution >= 0.6 is 0 Å². The first-order valence-electron chi connectivity index (χ1n) is 15.9. The summed E-state index contributed by atoms with van der Waals surface area (Å²) in [7, 11) is 6.63. The molecule has 3 aromatic heterocycles. The summed E-state index contributed by atoms with van der Waals surface area (Å²) in [5.74, 6) is 0.982. The van der Waals surface area contributed by atoms with Crippen molar-refractivity contribution < 1.29 is 28.6 Å². The second-order valence-corrected chi connectivity index (χ2v) is 11.7. The number of hydrogen-bond donors (Lipinski definition) is 2. The molecule has 0 bridgehead atoms. The molecule has 3 N–H and O–H groups in total. The lowest BCUT2D eigenvalue weighted by molar-refractivity contribution is 0.0955. The first-order valence-corrected chi connectivity index (χ1v) is 15.9. The number of aromatic nitrogens is 4. The Bertz CT molecular complexity index is 2260. The molecule has 0 aliphatic carbocycles. The van der Waals surface area contributed by atoms with Crippen molar-refractivity contribution >= 4 is 46.0 Å². The van der Waals surface area contributed by atoms with E-state index in [0.717, 1.165) is 22.1 Å². The monoisotopic (exact) mass is 687 g/mol. The van der Waals surface area contributed by atoms with Crippen molar-refractivity contribution in [3.8, 4) is 22.6 Å². The molecule has 260 valence electrons. The first kappa shape index (κ1) is 34.1. The number of carbonyl (C=O) groups excluding carboxylic acids is 3. The van der Waals surface area contributed by atoms with Crippen LogP contribution in [0.15, 0.2) is 104 Å². The van der Waals surface area contributed by atoms with Crippen molar-refractivity contribution in [2.75, 3.05) is 36.8 Å². The van der Waals surface area contributed by atoms with Crippen molar-refractivity contribution in [2.45, 2.75) is 6.54 Å². The molecule has 13 nitrogen and oxygen atoms in total. The van der Waals surface area contributed by atoms with Crippen molar-refractivity contribution in [1.82, 2.24) is 18.7 Å². The number of nitrogens with two attached hydrogens (primary N) is 1. The van der Waals surface area contributed by atoms with Crippen LogP contribution in [0.2, 0.25) is 0 Å². The van der Waals surface area contributed by atoms with E-state index in [9.17, 15) is 14.4 Å². The summed E-state index contributed by atoms with van der Waals surface area (Å²) in [5, 5.41) is 3.58. The highest BCUT2D eigenvalue weighted by Gasteiger charge is 2.22. The number of benzene rings is 3. The molecular weight excluding hydrogens is 650 g/mol. The van der Waals surface area contributed by atoms with Gasteiger partial charge in [0.25, 0.3) is 11.8 Å². The Labute approximate surface area is 294 Å². The van der Waals surface area contributed by atoms with Gasteiger partial charge in [0.2, 0.25) is 5.82 Å². The summed E-state index contributed by atoms with van der Waals surface area (Å²) >= 11 is 0. The molecule has 0 spiro atoms. The van der Waals surface area contributed by atoms with Gasteiger partial charge in [0, 0.05) is 55.0 Å². The zero-order valence-corrected chi connectivity index (χ0v) is 28.6. The largest absolute Gasteiger partial charge is 0.493 e. The quantitative estimate of drug-likeness (QED) is 0.152. The Balaban J connectivity index is 1.22. The predicted octanol–water partition coefficient (Wildman–Crippen LogP) is 6.25. The third-order valence-electron chi connectivity index (χ3n) is 8.34. The fraction of sp³-hybridized carbons (Fsp3) is 0.158. The van der Waals surface area contributed by atoms with Crippen LogP contribution in [0.5, 0.6) is 11.5 Å². The lowest BCUT2D eigenvalue weighted by Gasteiger charge is -2.23. The topological polar surface area (TPSA) is 148 Å². The van der Waals surface area contributed by atoms with Gasteiger partial charge < -0.3 is 34.4 Å². The SMILES string of the molecule is C=CCOC(=O)N(Cc1ccc(OC)c(OC)c1)c1ccc2c(ccn2C(=O)c2cc(-c3ccc(NC(=O)c4nc(N)cn4C)cc3)cn2C)c1. The Kier molecular flexibility index (Phi) is 9.62. The van der Waals surface area contributed by atoms with E-state index in [4.69, 9.17) is 19.9 Å². The number of anilines is 3. The number of ether oxygens (including phenoxy) is 3. The standard InChI is InChI=1S/C38H37N7O6/c1-6-17-51-38(48)45(21-24-7-14-32(49-4)33(18-24)50-5)29-12-13-30-26(19-29)15-16-44(30)37(47)31-20-27(22-42(31)2)25-8-10-28(11-9-25)40-36(46)35-41-34(39)23-43(35)3/h6-16,18-20,22-23H,1,17,21,39H2,2-5H3,(H,40,46). The van der Waals surface area contributed by atoms with Crippen molar-refractivity contribution in [2.24, 2.45) is 14.1 Å². The number of amides is 2. The fourth-order valence-electron chi connectivity index (χ4n) is 5.80. The molecule has 0 aliphatic rings. The van der Waals surface area contributed by atoms with Crippen LogP contribution in [0.1, 0.15) is 26.7 Å². The van der Waals surface area contributed by atoms with Gasteiger partial charge in [0.1, 0.15) is 18.1 Å². The maximum atomic E-state index is 13.9. The minimum absolute atomic E-state index is 0.0512. The van der Waals surface area contributed by atoms with Gasteiger partial charge >= 0.3 is 6.09 Å². The van der Waals surface area contributed by atoms with Crippen molar-refractivity contribution in [3.05, 3.63) is 121 Å². The number of nitrogen functional groups attached to an aromatic ring is 1. The molecule has 0 aliphatic heterocycles. The number of carbonyl (C=O) groups is 3. The number of aryl methyl sites for hydroxylation is 2. The molecule has 0 radical (unpaired) electrons. The van der Waals surface area contributed by atoms with Gasteiger partial charge in [-0.2, -0.15) is 0 Å². The minimum atomic E-state index is -0.551. The Morgan fingerprint density at radius 3 is 2.35 bits per heavy atom. The van der Waals surface area contributed by atoms with Crippen molar-refractivity contribution in [3.63, 3.8) is 0 Å². The highest BCUT2D eigenvalue weighted by Crippen LogP contribution is 2.31. The van der Waals surface area contributed by atoms with Gasteiger partial charge in [-0.25, -0.2) is 9.78 Å². The Hall–Kier alpha value is -6.76. The molecule has 3 heterocycles. The normalized spacial score (nSPS) is 10.9. The van der Waals surface area contributed by atoms with Gasteiger partial charge in [0.05, 0.1) is 26.3 Å². The van der Waals surface area contributed by atoms with E-state index in [2.05, 4.69) is 16.9 Å². The van der Waals surface area contributed by atoms with Crippen LogP contribution in [-0.4, -0.2) is 57.4 Å². The predicted molar refractivity (Wildman–Crippen MR) is 195 cm³/mol. The molecular formula is C38H37N7O6. The van der Waals surface area contributed by atoms with E-state index >= 15 is 0 Å². The maximum absolute atomic E-state index is 13.9. The number of methoxy groups -OCH3 is 2. The lowest BCUT2D eigenvalue weighted by Crippen LogP contribution is -2.31. The van der Waals surface area contributed by atoms with Gasteiger partial charge in [0.15, 0.2) is 11.5 Å². The van der Waals surface area contributed by atoms with E-state index in [1.807, 2.05) is 49.6 Å². The van der Waals surface area contributed by atoms with Gasteiger partial charge in [-0.05, 0) is 65.7 Å². The molecule has 0 saturated carbocycles. The zero-order valence-electron chi connectivity index (χ0n) is 28.6. The summed E-state index contributed by atoms with van der Waals surface area (Å²) in [6.45, 7) is 3.89. The summed E-state index contributed by atoms with van der Waals surface area (Å²) in [4.78, 5) is 45.3. The number of hydrogen-bond acceptors (Lipinski definition) is 8. The number of imidazole rings is 1. The van der Waals surface area contributed by atoms with Gasteiger partial charge in [-0.3, -0.25) is 19.1 Å². The van der Waals surface area contributed by atoms with E-state index < -0.39 is 6.09 Å². The first-order chi connectivity index (χ1) is 24.6. The van der Waals surface area contributed by atoms with Crippen LogP contribution in [0.25, 0.3) is 22.0 Å². The van der Waals surface area contributed by atoms with E-state index in [0.29, 0.717) is 34.1 Å². The third kappa shape index (κ3) is 7.04. The van der Waals surface area contributed by atoms with Crippen LogP contribution in [0.3, 0.4) is 0 Å². The Morgan fingerprint density at radius 2 is 1.67 bits per heavy atom. The van der Waals surface area contributed by atoms with Gasteiger partial charge in [-0.1, -0.05) is 30.9 Å². The number of rotatable bonds is 11. The van der Waals surface area contributed by atoms with Crippen LogP contribution in [-0.2, 0) is 25.4 Å². The summed E-state index contributed by atoms with van der Waals surface area (Å²) in [6, 6.07) is 21.8. The molecule has 3 aromatic carbocycles. The number of nitrogens with zero attached hydrogens (tertiary/aromatic N) is 5. The van der Waals surface area contributed by atoms with E-state index in [1.165, 1.54) is 11.0 Å². The third-order valence-corrected chi connectivity index (χ3v) is 8.34. The summed E-state index contributed by atoms with van der Waals surface area (Å²) in [6.07, 6.45) is 6.12. The lowest BCUT2D eigenvalue weighted by atomic mass is 10.1. The number of fused-ring (bicyclic) bond motifs is 1. The molecule has 6 rings (SSSR count). The molecule has 0 atom stereocenters. The van der Waals surface area contributed by atoms with E-state index in [1.54, 1.807) is 83.8 Å². The Morgan fingerprint density at radius 1 is 0.902 bits per heavy atom. The van der Waals surface area contributed by atoms with E-state index in [-0.39, 0.29) is 36.6 Å². The molecule has 0 unspecified atom stereocenters. The fourth-order valence-corrected chi connectivity index (χ4v) is 5.80. The van der Waals surface area contributed by atoms with Gasteiger partial charge in [-0.15, -0.1) is 0 Å². The zero-order chi connectivity index (χ0) is 36.2. The molecule has 0 fully saturated rings. The highest BCUT2D eigenvalue weighted by atomic mass is 16.6. The highest BCUT2D eigenvalue weighted by molar-refractivity contribution is 6.04. The van der Waals surface area contributed by atoms with Crippen LogP contribution < -0.4 is 25.4 Å². The maximum Gasteiger partial charge on any atom is 0.414 e. The average Bonchev–Trinajstić information content (AvgIpc) is 3.84. The molecule has 13 heteroatoms. The van der Waals surface area contributed by atoms with Crippen LogP contribution in [0, 0.1) is 0 Å². The minimum Gasteiger partial charge on any atom is -0.493 e. The summed E-state index contributed by atoms with van der Waals surface area (Å²) in [5.41, 5.74) is 10.5. The molecule has 6 aromatic rings. The smallest absolute Gasteiger partial charge is 0.414 e.